The van der Waals surface area contributed by atoms with E-state index in [1.807, 2.05) is 48.5 Å². The molecule has 20 heavy (non-hydrogen) atoms. The molecule has 0 aliphatic rings. The van der Waals surface area contributed by atoms with Gasteiger partial charge < -0.3 is 14.8 Å². The first kappa shape index (κ1) is 14.1. The van der Waals surface area contributed by atoms with Crippen LogP contribution in [0.2, 0.25) is 0 Å². The number of para-hydroxylation sites is 1. The standard InChI is InChI=1S/C16H17NO3/c18-16(20-15-9-5-2-6-10-15)17-11-12-19-13-14-7-3-1-4-8-14/h1-10H,11-13H2,(H,17,18). The lowest BCUT2D eigenvalue weighted by atomic mass is 10.2. The number of hydrogen-bond acceptors (Lipinski definition) is 3. The molecule has 0 saturated carbocycles. The quantitative estimate of drug-likeness (QED) is 0.822. The van der Waals surface area contributed by atoms with Gasteiger partial charge in [-0.15, -0.1) is 0 Å². The van der Waals surface area contributed by atoms with E-state index in [1.165, 1.54) is 0 Å². The van der Waals surface area contributed by atoms with Crippen molar-refractivity contribution in [3.8, 4) is 5.75 Å². The lowest BCUT2D eigenvalue weighted by Gasteiger charge is -2.07. The van der Waals surface area contributed by atoms with E-state index in [4.69, 9.17) is 9.47 Å². The van der Waals surface area contributed by atoms with E-state index in [0.29, 0.717) is 25.5 Å². The van der Waals surface area contributed by atoms with Crippen LogP contribution in [0, 0.1) is 0 Å². The van der Waals surface area contributed by atoms with Gasteiger partial charge in [0.05, 0.1) is 13.2 Å². The Hall–Kier alpha value is -2.33. The Morgan fingerprint density at radius 2 is 1.60 bits per heavy atom. The van der Waals surface area contributed by atoms with E-state index in [9.17, 15) is 4.79 Å². The summed E-state index contributed by atoms with van der Waals surface area (Å²) in [6, 6.07) is 18.8. The van der Waals surface area contributed by atoms with Crippen molar-refractivity contribution >= 4 is 6.09 Å². The molecule has 4 nitrogen and oxygen atoms in total. The number of hydrogen-bond donors (Lipinski definition) is 1. The fraction of sp³-hybridized carbons (Fsp3) is 0.188. The zero-order valence-electron chi connectivity index (χ0n) is 11.1. The highest BCUT2D eigenvalue weighted by molar-refractivity contribution is 5.70. The summed E-state index contributed by atoms with van der Waals surface area (Å²) >= 11 is 0. The van der Waals surface area contributed by atoms with E-state index < -0.39 is 6.09 Å². The SMILES string of the molecule is O=C(NCCOCc1ccccc1)Oc1ccccc1. The van der Waals surface area contributed by atoms with E-state index >= 15 is 0 Å². The van der Waals surface area contributed by atoms with Crippen LogP contribution in [0.4, 0.5) is 4.79 Å². The Morgan fingerprint density at radius 1 is 0.950 bits per heavy atom. The van der Waals surface area contributed by atoms with Gasteiger partial charge in [-0.1, -0.05) is 48.5 Å². The van der Waals surface area contributed by atoms with Crippen molar-refractivity contribution in [3.05, 3.63) is 66.2 Å². The van der Waals surface area contributed by atoms with Gasteiger partial charge in [-0.25, -0.2) is 4.79 Å². The molecular formula is C16H17NO3. The first-order valence-corrected chi connectivity index (χ1v) is 6.47. The summed E-state index contributed by atoms with van der Waals surface area (Å²) in [7, 11) is 0. The highest BCUT2D eigenvalue weighted by Gasteiger charge is 2.02. The number of benzene rings is 2. The maximum absolute atomic E-state index is 11.5. The van der Waals surface area contributed by atoms with Crippen molar-refractivity contribution in [2.24, 2.45) is 0 Å². The van der Waals surface area contributed by atoms with E-state index in [0.717, 1.165) is 5.56 Å². The fourth-order valence-electron chi connectivity index (χ4n) is 1.62. The van der Waals surface area contributed by atoms with Gasteiger partial charge in [0.1, 0.15) is 5.75 Å². The second kappa shape index (κ2) is 7.96. The minimum atomic E-state index is -0.473. The van der Waals surface area contributed by atoms with Crippen molar-refractivity contribution in [3.63, 3.8) is 0 Å². The lowest BCUT2D eigenvalue weighted by Crippen LogP contribution is -2.29. The molecule has 2 aromatic carbocycles. The van der Waals surface area contributed by atoms with Crippen LogP contribution in [0.25, 0.3) is 0 Å². The summed E-state index contributed by atoms with van der Waals surface area (Å²) in [5.74, 6) is 0.523. The smallest absolute Gasteiger partial charge is 0.410 e. The molecular weight excluding hydrogens is 254 g/mol. The second-order valence-electron chi connectivity index (χ2n) is 4.17. The Labute approximate surface area is 118 Å². The maximum atomic E-state index is 11.5. The fourth-order valence-corrected chi connectivity index (χ4v) is 1.62. The van der Waals surface area contributed by atoms with E-state index in [1.54, 1.807) is 12.1 Å². The number of carbonyl (C=O) groups is 1. The molecule has 0 spiro atoms. The topological polar surface area (TPSA) is 47.6 Å². The van der Waals surface area contributed by atoms with Crippen molar-refractivity contribution < 1.29 is 14.3 Å². The summed E-state index contributed by atoms with van der Waals surface area (Å²) in [5.41, 5.74) is 1.11. The highest BCUT2D eigenvalue weighted by Crippen LogP contribution is 2.07. The number of ether oxygens (including phenoxy) is 2. The predicted octanol–water partition coefficient (Wildman–Crippen LogP) is 2.99. The summed E-state index contributed by atoms with van der Waals surface area (Å²) in [6.07, 6.45) is -0.473. The molecule has 0 aliphatic heterocycles. The Bertz CT molecular complexity index is 514. The van der Waals surface area contributed by atoms with Crippen molar-refractivity contribution in [2.45, 2.75) is 6.61 Å². The third-order valence-corrected chi connectivity index (χ3v) is 2.58. The van der Waals surface area contributed by atoms with Crippen LogP contribution in [-0.2, 0) is 11.3 Å². The molecule has 104 valence electrons. The van der Waals surface area contributed by atoms with Gasteiger partial charge in [0.15, 0.2) is 0 Å². The maximum Gasteiger partial charge on any atom is 0.412 e. The largest absolute Gasteiger partial charge is 0.412 e. The molecule has 2 aromatic rings. The molecule has 0 saturated heterocycles. The molecule has 0 radical (unpaired) electrons. The average Bonchev–Trinajstić information content (AvgIpc) is 2.49. The normalized spacial score (nSPS) is 10.0. The van der Waals surface area contributed by atoms with Gasteiger partial charge in [-0.3, -0.25) is 0 Å². The molecule has 0 atom stereocenters. The number of carbonyl (C=O) groups excluding carboxylic acids is 1. The molecule has 4 heteroatoms. The predicted molar refractivity (Wildman–Crippen MR) is 76.6 cm³/mol. The lowest BCUT2D eigenvalue weighted by molar-refractivity contribution is 0.121. The van der Waals surface area contributed by atoms with Crippen LogP contribution in [-0.4, -0.2) is 19.2 Å². The van der Waals surface area contributed by atoms with Gasteiger partial charge in [0.25, 0.3) is 0 Å². The first-order chi connectivity index (χ1) is 9.84. The number of nitrogens with one attached hydrogen (secondary N) is 1. The summed E-state index contributed by atoms with van der Waals surface area (Å²) in [4.78, 5) is 11.5. The first-order valence-electron chi connectivity index (χ1n) is 6.47. The minimum absolute atomic E-state index is 0.415. The van der Waals surface area contributed by atoms with Gasteiger partial charge in [0.2, 0.25) is 0 Å². The Balaban J connectivity index is 1.58. The number of amides is 1. The summed E-state index contributed by atoms with van der Waals surface area (Å²) < 4.78 is 10.5. The van der Waals surface area contributed by atoms with Crippen LogP contribution in [0.15, 0.2) is 60.7 Å². The zero-order valence-corrected chi connectivity index (χ0v) is 11.1. The van der Waals surface area contributed by atoms with Crippen LogP contribution >= 0.6 is 0 Å². The molecule has 0 aromatic heterocycles. The molecule has 0 fully saturated rings. The van der Waals surface area contributed by atoms with Crippen LogP contribution < -0.4 is 10.1 Å². The van der Waals surface area contributed by atoms with Gasteiger partial charge >= 0.3 is 6.09 Å². The van der Waals surface area contributed by atoms with E-state index in [-0.39, 0.29) is 0 Å². The third-order valence-electron chi connectivity index (χ3n) is 2.58. The highest BCUT2D eigenvalue weighted by atomic mass is 16.6. The van der Waals surface area contributed by atoms with E-state index in [2.05, 4.69) is 5.32 Å². The monoisotopic (exact) mass is 271 g/mol. The molecule has 1 N–H and O–H groups in total. The summed E-state index contributed by atoms with van der Waals surface area (Å²) in [5, 5.41) is 2.63. The molecule has 0 unspecified atom stereocenters. The third kappa shape index (κ3) is 5.12. The second-order valence-corrected chi connectivity index (χ2v) is 4.17. The van der Waals surface area contributed by atoms with Crippen LogP contribution in [0.1, 0.15) is 5.56 Å². The minimum Gasteiger partial charge on any atom is -0.410 e. The van der Waals surface area contributed by atoms with Gasteiger partial charge in [0, 0.05) is 6.54 Å². The Kier molecular flexibility index (Phi) is 5.61. The van der Waals surface area contributed by atoms with Gasteiger partial charge in [-0.05, 0) is 17.7 Å². The Morgan fingerprint density at radius 3 is 2.30 bits per heavy atom. The van der Waals surface area contributed by atoms with Crippen molar-refractivity contribution in [1.29, 1.82) is 0 Å². The number of rotatable bonds is 6. The molecule has 1 amide bonds. The van der Waals surface area contributed by atoms with Crippen LogP contribution in [0.5, 0.6) is 5.75 Å². The van der Waals surface area contributed by atoms with Crippen molar-refractivity contribution in [2.75, 3.05) is 13.2 Å². The summed E-state index contributed by atoms with van der Waals surface area (Å²) in [6.45, 7) is 1.40. The molecule has 0 aliphatic carbocycles. The molecule has 2 rings (SSSR count). The zero-order chi connectivity index (χ0) is 14.0. The molecule has 0 bridgehead atoms. The van der Waals surface area contributed by atoms with Crippen LogP contribution in [0.3, 0.4) is 0 Å². The van der Waals surface area contributed by atoms with Gasteiger partial charge in [-0.2, -0.15) is 0 Å². The average molecular weight is 271 g/mol. The molecule has 0 heterocycles. The van der Waals surface area contributed by atoms with Crippen molar-refractivity contribution in [1.82, 2.24) is 5.32 Å².